The predicted octanol–water partition coefficient (Wildman–Crippen LogP) is 3.60. The number of carbonyl (C=O) groups excluding carboxylic acids is 1. The largest absolute Gasteiger partial charge is 0.496 e. The highest BCUT2D eigenvalue weighted by Crippen LogP contribution is 2.28. The first kappa shape index (κ1) is 23.2. The van der Waals surface area contributed by atoms with E-state index in [-0.39, 0.29) is 23.4 Å². The Morgan fingerprint density at radius 2 is 1.85 bits per heavy atom. The van der Waals surface area contributed by atoms with Gasteiger partial charge in [-0.1, -0.05) is 24.3 Å². The maximum absolute atomic E-state index is 13.1. The van der Waals surface area contributed by atoms with Gasteiger partial charge in [-0.05, 0) is 44.5 Å². The SMILES string of the molecule is COc1ccccc1C=Nn1c(N)c(C(=O)NCCCOC(C)C)c2nc3ccccc3nc21. The highest BCUT2D eigenvalue weighted by molar-refractivity contribution is 6.10. The van der Waals surface area contributed by atoms with Crippen molar-refractivity contribution in [3.8, 4) is 5.75 Å². The molecule has 0 radical (unpaired) electrons. The summed E-state index contributed by atoms with van der Waals surface area (Å²) >= 11 is 0. The molecule has 0 aliphatic heterocycles. The quantitative estimate of drug-likeness (QED) is 0.291. The van der Waals surface area contributed by atoms with E-state index >= 15 is 0 Å². The van der Waals surface area contributed by atoms with Crippen LogP contribution >= 0.6 is 0 Å². The van der Waals surface area contributed by atoms with Crippen molar-refractivity contribution in [3.63, 3.8) is 0 Å². The number of methoxy groups -OCH3 is 1. The number of hydrogen-bond acceptors (Lipinski definition) is 7. The van der Waals surface area contributed by atoms with E-state index in [2.05, 4.69) is 15.4 Å². The minimum atomic E-state index is -0.331. The van der Waals surface area contributed by atoms with Crippen LogP contribution in [0.5, 0.6) is 5.75 Å². The molecule has 0 aliphatic rings. The molecular formula is C25H28N6O3. The molecule has 1 amide bonds. The number of fused-ring (bicyclic) bond motifs is 2. The number of nitrogens with zero attached hydrogens (tertiary/aromatic N) is 4. The lowest BCUT2D eigenvalue weighted by molar-refractivity contribution is 0.0757. The zero-order valence-corrected chi connectivity index (χ0v) is 19.5. The lowest BCUT2D eigenvalue weighted by Crippen LogP contribution is -2.26. The van der Waals surface area contributed by atoms with Crippen LogP contribution in [0.15, 0.2) is 53.6 Å². The molecule has 2 aromatic heterocycles. The maximum Gasteiger partial charge on any atom is 0.257 e. The van der Waals surface area contributed by atoms with E-state index in [1.165, 1.54) is 4.68 Å². The highest BCUT2D eigenvalue weighted by atomic mass is 16.5. The lowest BCUT2D eigenvalue weighted by atomic mass is 10.2. The van der Waals surface area contributed by atoms with Crippen LogP contribution in [-0.2, 0) is 4.74 Å². The van der Waals surface area contributed by atoms with Gasteiger partial charge in [0.15, 0.2) is 5.65 Å². The van der Waals surface area contributed by atoms with Gasteiger partial charge < -0.3 is 20.5 Å². The molecule has 3 N–H and O–H groups in total. The molecule has 0 atom stereocenters. The van der Waals surface area contributed by atoms with Gasteiger partial charge in [-0.25, -0.2) is 9.97 Å². The molecule has 4 rings (SSSR count). The van der Waals surface area contributed by atoms with Crippen molar-refractivity contribution in [3.05, 3.63) is 59.7 Å². The summed E-state index contributed by atoms with van der Waals surface area (Å²) < 4.78 is 12.4. The van der Waals surface area contributed by atoms with Gasteiger partial charge in [0, 0.05) is 18.7 Å². The van der Waals surface area contributed by atoms with E-state index in [9.17, 15) is 4.79 Å². The Morgan fingerprint density at radius 1 is 1.15 bits per heavy atom. The third kappa shape index (κ3) is 4.84. The van der Waals surface area contributed by atoms with Crippen LogP contribution < -0.4 is 15.8 Å². The Morgan fingerprint density at radius 3 is 2.59 bits per heavy atom. The van der Waals surface area contributed by atoms with Crippen molar-refractivity contribution in [2.24, 2.45) is 5.10 Å². The predicted molar refractivity (Wildman–Crippen MR) is 133 cm³/mol. The molecule has 2 heterocycles. The smallest absolute Gasteiger partial charge is 0.257 e. The first-order valence-corrected chi connectivity index (χ1v) is 11.1. The van der Waals surface area contributed by atoms with E-state index in [1.807, 2.05) is 62.4 Å². The molecule has 34 heavy (non-hydrogen) atoms. The second-order valence-electron chi connectivity index (χ2n) is 7.97. The molecule has 2 aromatic carbocycles. The van der Waals surface area contributed by atoms with E-state index in [0.29, 0.717) is 47.5 Å². The van der Waals surface area contributed by atoms with Crippen LogP contribution in [0.1, 0.15) is 36.2 Å². The summed E-state index contributed by atoms with van der Waals surface area (Å²) in [6, 6.07) is 14.9. The molecule has 0 saturated carbocycles. The highest BCUT2D eigenvalue weighted by Gasteiger charge is 2.24. The average Bonchev–Trinajstić information content (AvgIpc) is 3.10. The Bertz CT molecular complexity index is 1350. The number of nitrogen functional groups attached to an aromatic ring is 1. The number of aromatic nitrogens is 3. The van der Waals surface area contributed by atoms with E-state index in [1.54, 1.807) is 13.3 Å². The summed E-state index contributed by atoms with van der Waals surface area (Å²) in [6.45, 7) is 4.96. The Kier molecular flexibility index (Phi) is 7.03. The first-order valence-electron chi connectivity index (χ1n) is 11.1. The van der Waals surface area contributed by atoms with Crippen molar-refractivity contribution in [2.45, 2.75) is 26.4 Å². The van der Waals surface area contributed by atoms with E-state index in [4.69, 9.17) is 20.2 Å². The molecule has 4 aromatic rings. The summed E-state index contributed by atoms with van der Waals surface area (Å²) in [5.41, 5.74) is 9.58. The van der Waals surface area contributed by atoms with Gasteiger partial charge in [0.1, 0.15) is 22.6 Å². The van der Waals surface area contributed by atoms with Crippen LogP contribution in [-0.4, -0.2) is 53.1 Å². The van der Waals surface area contributed by atoms with Gasteiger partial charge in [0.2, 0.25) is 0 Å². The molecule has 9 heteroatoms. The first-order chi connectivity index (χ1) is 16.5. The molecular weight excluding hydrogens is 432 g/mol. The van der Waals surface area contributed by atoms with Crippen molar-refractivity contribution < 1.29 is 14.3 Å². The van der Waals surface area contributed by atoms with Gasteiger partial charge in [-0.2, -0.15) is 9.78 Å². The van der Waals surface area contributed by atoms with Gasteiger partial charge in [-0.3, -0.25) is 4.79 Å². The van der Waals surface area contributed by atoms with Gasteiger partial charge >= 0.3 is 0 Å². The summed E-state index contributed by atoms with van der Waals surface area (Å²) in [4.78, 5) is 22.5. The monoisotopic (exact) mass is 460 g/mol. The van der Waals surface area contributed by atoms with Crippen LogP contribution in [0.2, 0.25) is 0 Å². The van der Waals surface area contributed by atoms with Crippen molar-refractivity contribution in [2.75, 3.05) is 26.0 Å². The topological polar surface area (TPSA) is 117 Å². The molecule has 0 unspecified atom stereocenters. The van der Waals surface area contributed by atoms with Gasteiger partial charge in [0.25, 0.3) is 5.91 Å². The standard InChI is InChI=1S/C25H28N6O3/c1-16(2)34-14-8-13-27-25(32)21-22-24(30-19-11-6-5-10-18(19)29-22)31(23(21)26)28-15-17-9-4-7-12-20(17)33-3/h4-7,9-12,15-16H,8,13-14,26H2,1-3H3,(H,27,32). The minimum Gasteiger partial charge on any atom is -0.496 e. The fourth-order valence-corrected chi connectivity index (χ4v) is 3.56. The zero-order chi connectivity index (χ0) is 24.1. The molecule has 0 spiro atoms. The second kappa shape index (κ2) is 10.3. The summed E-state index contributed by atoms with van der Waals surface area (Å²) in [6.07, 6.45) is 2.45. The molecule has 0 bridgehead atoms. The number of para-hydroxylation sites is 3. The number of nitrogens with one attached hydrogen (secondary N) is 1. The second-order valence-corrected chi connectivity index (χ2v) is 7.97. The number of anilines is 1. The Balaban J connectivity index is 1.73. The van der Waals surface area contributed by atoms with Crippen LogP contribution in [0, 0.1) is 0 Å². The van der Waals surface area contributed by atoms with E-state index in [0.717, 1.165) is 5.56 Å². The van der Waals surface area contributed by atoms with Crippen molar-refractivity contribution in [1.29, 1.82) is 0 Å². The number of amides is 1. The number of hydrogen-bond donors (Lipinski definition) is 2. The number of nitrogens with two attached hydrogens (primary N) is 1. The third-order valence-corrected chi connectivity index (χ3v) is 5.21. The molecule has 9 nitrogen and oxygen atoms in total. The van der Waals surface area contributed by atoms with Gasteiger partial charge in [0.05, 0.1) is 30.5 Å². The average molecular weight is 461 g/mol. The fraction of sp³-hybridized carbons (Fsp3) is 0.280. The van der Waals surface area contributed by atoms with Crippen LogP contribution in [0.4, 0.5) is 5.82 Å². The number of benzene rings is 2. The minimum absolute atomic E-state index is 0.147. The van der Waals surface area contributed by atoms with Crippen LogP contribution in [0.25, 0.3) is 22.2 Å². The summed E-state index contributed by atoms with van der Waals surface area (Å²) in [7, 11) is 1.60. The van der Waals surface area contributed by atoms with Crippen molar-refractivity contribution in [1.82, 2.24) is 20.0 Å². The summed E-state index contributed by atoms with van der Waals surface area (Å²) in [5, 5.41) is 7.44. The van der Waals surface area contributed by atoms with Crippen LogP contribution in [0.3, 0.4) is 0 Å². The number of rotatable bonds is 9. The van der Waals surface area contributed by atoms with Gasteiger partial charge in [-0.15, -0.1) is 0 Å². The maximum atomic E-state index is 13.1. The number of carbonyl (C=O) groups is 1. The molecule has 0 saturated heterocycles. The van der Waals surface area contributed by atoms with E-state index < -0.39 is 0 Å². The van der Waals surface area contributed by atoms with Crippen molar-refractivity contribution >= 4 is 40.1 Å². The molecule has 0 aliphatic carbocycles. The summed E-state index contributed by atoms with van der Waals surface area (Å²) in [5.74, 6) is 0.495. The Labute approximate surface area is 197 Å². The zero-order valence-electron chi connectivity index (χ0n) is 19.5. The Hall–Kier alpha value is -3.98. The number of ether oxygens (including phenoxy) is 2. The lowest BCUT2D eigenvalue weighted by Gasteiger charge is -2.08. The molecule has 0 fully saturated rings. The fourth-order valence-electron chi connectivity index (χ4n) is 3.56. The molecule has 176 valence electrons. The third-order valence-electron chi connectivity index (χ3n) is 5.21. The normalized spacial score (nSPS) is 11.6.